The number of halogens is 2. The van der Waals surface area contributed by atoms with Crippen LogP contribution < -0.4 is 19.5 Å². The highest BCUT2D eigenvalue weighted by molar-refractivity contribution is 9.10. The molecule has 0 heterocycles. The van der Waals surface area contributed by atoms with Gasteiger partial charge in [0.1, 0.15) is 16.4 Å². The molecule has 0 bridgehead atoms. The summed E-state index contributed by atoms with van der Waals surface area (Å²) in [6, 6.07) is 3.01. The summed E-state index contributed by atoms with van der Waals surface area (Å²) in [7, 11) is -0.712. The molecule has 128 valence electrons. The summed E-state index contributed by atoms with van der Waals surface area (Å²) in [5, 5.41) is 3.13. The predicted octanol–water partition coefficient (Wildman–Crippen LogP) is 2.17. The smallest absolute Gasteiger partial charge is 0.244 e. The molecule has 9 heteroatoms. The van der Waals surface area contributed by atoms with Crippen molar-refractivity contribution >= 4 is 38.4 Å². The van der Waals surface area contributed by atoms with Crippen molar-refractivity contribution in [2.45, 2.75) is 18.2 Å². The predicted molar refractivity (Wildman–Crippen MR) is 92.8 cm³/mol. The fourth-order valence-corrected chi connectivity index (χ4v) is 3.56. The zero-order valence-electron chi connectivity index (χ0n) is 12.8. The number of benzene rings is 1. The number of nitrogens with one attached hydrogen (secondary N) is 2. The maximum absolute atomic E-state index is 12.3. The molecular weight excluding hydrogens is 396 g/mol. The summed E-state index contributed by atoms with van der Waals surface area (Å²) in [5.74, 6) is 0.750. The van der Waals surface area contributed by atoms with Gasteiger partial charge in [-0.2, -0.15) is 0 Å². The number of ether oxygens (including phenoxy) is 2. The zero-order chi connectivity index (χ0) is 15.9. The van der Waals surface area contributed by atoms with E-state index < -0.39 is 10.0 Å². The van der Waals surface area contributed by atoms with Gasteiger partial charge in [-0.25, -0.2) is 13.1 Å². The van der Waals surface area contributed by atoms with Crippen molar-refractivity contribution in [2.75, 3.05) is 33.9 Å². The van der Waals surface area contributed by atoms with Crippen LogP contribution in [0.2, 0.25) is 0 Å². The Balaban J connectivity index is 0.00000441. The zero-order valence-corrected chi connectivity index (χ0v) is 16.0. The summed E-state index contributed by atoms with van der Waals surface area (Å²) in [4.78, 5) is 0.0770. The third kappa shape index (κ3) is 5.92. The molecule has 1 aromatic rings. The van der Waals surface area contributed by atoms with Crippen molar-refractivity contribution in [3.63, 3.8) is 0 Å². The number of rotatable bonds is 9. The van der Waals surface area contributed by atoms with Crippen LogP contribution >= 0.6 is 28.3 Å². The van der Waals surface area contributed by atoms with Crippen molar-refractivity contribution in [1.82, 2.24) is 10.0 Å². The van der Waals surface area contributed by atoms with Gasteiger partial charge in [0.2, 0.25) is 10.0 Å². The minimum atomic E-state index is -3.64. The van der Waals surface area contributed by atoms with Crippen molar-refractivity contribution in [1.29, 1.82) is 0 Å². The first-order valence-electron chi connectivity index (χ1n) is 6.58. The van der Waals surface area contributed by atoms with E-state index in [-0.39, 0.29) is 23.1 Å². The van der Waals surface area contributed by atoms with Gasteiger partial charge in [-0.1, -0.05) is 6.92 Å². The van der Waals surface area contributed by atoms with Crippen LogP contribution in [0.3, 0.4) is 0 Å². The first-order chi connectivity index (χ1) is 9.96. The van der Waals surface area contributed by atoms with E-state index in [0.717, 1.165) is 13.0 Å². The Hall–Kier alpha value is -0.540. The summed E-state index contributed by atoms with van der Waals surface area (Å²) < 4.78 is 38.0. The van der Waals surface area contributed by atoms with E-state index in [1.807, 2.05) is 0 Å². The Morgan fingerprint density at radius 3 is 2.27 bits per heavy atom. The third-order valence-corrected chi connectivity index (χ3v) is 4.85. The highest BCUT2D eigenvalue weighted by atomic mass is 79.9. The van der Waals surface area contributed by atoms with Crippen LogP contribution in [-0.4, -0.2) is 42.3 Å². The van der Waals surface area contributed by atoms with Crippen LogP contribution in [0.4, 0.5) is 0 Å². The highest BCUT2D eigenvalue weighted by Crippen LogP contribution is 2.35. The maximum atomic E-state index is 12.3. The van der Waals surface area contributed by atoms with E-state index in [1.165, 1.54) is 26.4 Å². The van der Waals surface area contributed by atoms with Crippen molar-refractivity contribution in [3.05, 3.63) is 16.6 Å². The Kier molecular flexibility index (Phi) is 10.0. The van der Waals surface area contributed by atoms with Crippen LogP contribution in [0, 0.1) is 0 Å². The molecule has 0 saturated heterocycles. The summed E-state index contributed by atoms with van der Waals surface area (Å²) >= 11 is 3.28. The molecule has 0 atom stereocenters. The van der Waals surface area contributed by atoms with Gasteiger partial charge in [-0.05, 0) is 35.0 Å². The second kappa shape index (κ2) is 10.3. The summed E-state index contributed by atoms with van der Waals surface area (Å²) in [6.45, 7) is 3.80. The Labute approximate surface area is 146 Å². The van der Waals surface area contributed by atoms with Gasteiger partial charge in [-0.3, -0.25) is 0 Å². The van der Waals surface area contributed by atoms with Gasteiger partial charge in [0.05, 0.1) is 18.7 Å². The SMILES string of the molecule is CCCNCCNS(=O)(=O)c1cc(Br)c(OC)cc1OC.Cl. The fourth-order valence-electron chi connectivity index (χ4n) is 1.70. The first-order valence-corrected chi connectivity index (χ1v) is 8.85. The number of hydrogen-bond donors (Lipinski definition) is 2. The van der Waals surface area contributed by atoms with Gasteiger partial charge < -0.3 is 14.8 Å². The quantitative estimate of drug-likeness (QED) is 0.602. The molecule has 0 aliphatic heterocycles. The van der Waals surface area contributed by atoms with Gasteiger partial charge >= 0.3 is 0 Å². The number of methoxy groups -OCH3 is 2. The summed E-state index contributed by atoms with van der Waals surface area (Å²) in [5.41, 5.74) is 0. The van der Waals surface area contributed by atoms with Crippen LogP contribution in [-0.2, 0) is 10.0 Å². The average Bonchev–Trinajstić information content (AvgIpc) is 2.46. The average molecular weight is 418 g/mol. The Morgan fingerprint density at radius 2 is 1.73 bits per heavy atom. The maximum Gasteiger partial charge on any atom is 0.244 e. The Bertz CT molecular complexity index is 569. The van der Waals surface area contributed by atoms with Crippen molar-refractivity contribution in [3.8, 4) is 11.5 Å². The molecule has 0 radical (unpaired) electrons. The van der Waals surface area contributed by atoms with Gasteiger partial charge in [0.15, 0.2) is 0 Å². The van der Waals surface area contributed by atoms with E-state index in [9.17, 15) is 8.42 Å². The largest absolute Gasteiger partial charge is 0.495 e. The van der Waals surface area contributed by atoms with Crippen LogP contribution in [0.25, 0.3) is 0 Å². The monoisotopic (exact) mass is 416 g/mol. The molecule has 0 saturated carbocycles. The van der Waals surface area contributed by atoms with E-state index in [4.69, 9.17) is 9.47 Å². The topological polar surface area (TPSA) is 76.7 Å². The van der Waals surface area contributed by atoms with E-state index >= 15 is 0 Å². The molecule has 0 aliphatic rings. The van der Waals surface area contributed by atoms with E-state index in [0.29, 0.717) is 23.3 Å². The molecular formula is C13H22BrClN2O4S. The van der Waals surface area contributed by atoms with Crippen molar-refractivity contribution < 1.29 is 17.9 Å². The van der Waals surface area contributed by atoms with E-state index in [1.54, 1.807) is 0 Å². The van der Waals surface area contributed by atoms with Crippen molar-refractivity contribution in [2.24, 2.45) is 0 Å². The molecule has 2 N–H and O–H groups in total. The van der Waals surface area contributed by atoms with Gasteiger partial charge in [0.25, 0.3) is 0 Å². The molecule has 0 spiro atoms. The first kappa shape index (κ1) is 21.5. The molecule has 0 amide bonds. The Morgan fingerprint density at radius 1 is 1.09 bits per heavy atom. The lowest BCUT2D eigenvalue weighted by Gasteiger charge is -2.13. The molecule has 22 heavy (non-hydrogen) atoms. The molecule has 1 rings (SSSR count). The second-order valence-corrected chi connectivity index (χ2v) is 6.88. The number of hydrogen-bond acceptors (Lipinski definition) is 5. The molecule has 0 aromatic heterocycles. The van der Waals surface area contributed by atoms with E-state index in [2.05, 4.69) is 32.9 Å². The molecule has 1 aromatic carbocycles. The second-order valence-electron chi connectivity index (χ2n) is 4.29. The lowest BCUT2D eigenvalue weighted by Crippen LogP contribution is -2.32. The van der Waals surface area contributed by atoms with Gasteiger partial charge in [-0.15, -0.1) is 12.4 Å². The lowest BCUT2D eigenvalue weighted by molar-refractivity contribution is 0.384. The number of sulfonamides is 1. The lowest BCUT2D eigenvalue weighted by atomic mass is 10.3. The minimum absolute atomic E-state index is 0. The summed E-state index contributed by atoms with van der Waals surface area (Å²) in [6.07, 6.45) is 1.01. The normalized spacial score (nSPS) is 10.9. The molecule has 0 unspecified atom stereocenters. The molecule has 0 aliphatic carbocycles. The molecule has 0 fully saturated rings. The highest BCUT2D eigenvalue weighted by Gasteiger charge is 2.21. The fraction of sp³-hybridized carbons (Fsp3) is 0.538. The van der Waals surface area contributed by atoms with Crippen LogP contribution in [0.1, 0.15) is 13.3 Å². The van der Waals surface area contributed by atoms with Crippen LogP contribution in [0.15, 0.2) is 21.5 Å². The van der Waals surface area contributed by atoms with Crippen LogP contribution in [0.5, 0.6) is 11.5 Å². The van der Waals surface area contributed by atoms with Gasteiger partial charge in [0, 0.05) is 19.2 Å². The molecule has 6 nitrogen and oxygen atoms in total. The third-order valence-electron chi connectivity index (χ3n) is 2.75. The minimum Gasteiger partial charge on any atom is -0.495 e. The standard InChI is InChI=1S/C13H21BrN2O4S.ClH/c1-4-5-15-6-7-16-21(17,18)13-8-10(14)11(19-2)9-12(13)20-3;/h8-9,15-16H,4-7H2,1-3H3;1H.